The second kappa shape index (κ2) is 2.85. The Morgan fingerprint density at radius 1 is 1.46 bits per heavy atom. The van der Waals surface area contributed by atoms with Crippen LogP contribution in [-0.2, 0) is 0 Å². The Hall–Kier alpha value is -1.36. The molecule has 0 radical (unpaired) electrons. The summed E-state index contributed by atoms with van der Waals surface area (Å²) >= 11 is 1.71. The highest BCUT2D eigenvalue weighted by Gasteiger charge is 2.09. The molecule has 0 aliphatic heterocycles. The van der Waals surface area contributed by atoms with Crippen molar-refractivity contribution in [1.29, 1.82) is 0 Å². The Balaban J connectivity index is 2.52. The van der Waals surface area contributed by atoms with E-state index in [1.165, 1.54) is 10.4 Å². The molecule has 68 valence electrons. The molecule has 0 bridgehead atoms. The quantitative estimate of drug-likeness (QED) is 0.726. The van der Waals surface area contributed by atoms with Crippen molar-refractivity contribution in [2.24, 2.45) is 0 Å². The fourth-order valence-corrected chi connectivity index (χ4v) is 2.01. The van der Waals surface area contributed by atoms with Crippen molar-refractivity contribution >= 4 is 17.3 Å². The van der Waals surface area contributed by atoms with Gasteiger partial charge in [0.15, 0.2) is 5.82 Å². The molecule has 13 heavy (non-hydrogen) atoms. The number of nitrogens with one attached hydrogen (secondary N) is 1. The number of H-pyrrole nitrogens is 1. The van der Waals surface area contributed by atoms with Gasteiger partial charge in [0.2, 0.25) is 5.95 Å². The van der Waals surface area contributed by atoms with Crippen LogP contribution in [-0.4, -0.2) is 15.2 Å². The first kappa shape index (κ1) is 8.25. The molecule has 0 amide bonds. The second-order valence-electron chi connectivity index (χ2n) is 2.87. The van der Waals surface area contributed by atoms with Gasteiger partial charge in [-0.15, -0.1) is 16.4 Å². The highest BCUT2D eigenvalue weighted by atomic mass is 32.1. The first-order valence-corrected chi connectivity index (χ1v) is 4.79. The third-order valence-electron chi connectivity index (χ3n) is 2.04. The number of nitrogen functional groups attached to an aromatic ring is 1. The van der Waals surface area contributed by atoms with Crippen molar-refractivity contribution in [1.82, 2.24) is 15.2 Å². The van der Waals surface area contributed by atoms with Crippen LogP contribution in [0.1, 0.15) is 10.4 Å². The van der Waals surface area contributed by atoms with Crippen LogP contribution in [0.5, 0.6) is 0 Å². The Kier molecular flexibility index (Phi) is 1.81. The Morgan fingerprint density at radius 2 is 2.23 bits per heavy atom. The van der Waals surface area contributed by atoms with Crippen LogP contribution in [0.2, 0.25) is 0 Å². The number of anilines is 1. The predicted molar refractivity (Wildman–Crippen MR) is 53.6 cm³/mol. The summed E-state index contributed by atoms with van der Waals surface area (Å²) in [5.41, 5.74) is 7.75. The molecule has 0 fully saturated rings. The topological polar surface area (TPSA) is 67.6 Å². The lowest BCUT2D eigenvalue weighted by Gasteiger charge is -1.93. The van der Waals surface area contributed by atoms with Gasteiger partial charge in [0.25, 0.3) is 0 Å². The molecule has 0 spiro atoms. The van der Waals surface area contributed by atoms with Crippen molar-refractivity contribution in [2.75, 3.05) is 5.73 Å². The molecule has 0 saturated heterocycles. The lowest BCUT2D eigenvalue weighted by atomic mass is 10.2. The van der Waals surface area contributed by atoms with E-state index in [1.54, 1.807) is 11.3 Å². The zero-order chi connectivity index (χ0) is 9.42. The third kappa shape index (κ3) is 1.31. The standard InChI is InChI=1S/C8H10N4S/c1-4-5(2)13-3-6(4)7-10-8(9)12-11-7/h3H,1-2H3,(H3,9,10,11,12). The highest BCUT2D eigenvalue weighted by molar-refractivity contribution is 7.10. The first-order valence-electron chi connectivity index (χ1n) is 3.91. The lowest BCUT2D eigenvalue weighted by Crippen LogP contribution is -1.85. The normalized spacial score (nSPS) is 10.6. The molecule has 0 atom stereocenters. The van der Waals surface area contributed by atoms with Gasteiger partial charge >= 0.3 is 0 Å². The third-order valence-corrected chi connectivity index (χ3v) is 3.06. The van der Waals surface area contributed by atoms with Gasteiger partial charge in [-0.05, 0) is 19.4 Å². The highest BCUT2D eigenvalue weighted by Crippen LogP contribution is 2.27. The van der Waals surface area contributed by atoms with E-state index in [4.69, 9.17) is 5.73 Å². The minimum atomic E-state index is 0.290. The number of rotatable bonds is 1. The largest absolute Gasteiger partial charge is 0.366 e. The maximum atomic E-state index is 5.42. The molecular weight excluding hydrogens is 184 g/mol. The van der Waals surface area contributed by atoms with Crippen LogP contribution in [0.25, 0.3) is 11.4 Å². The number of nitrogens with two attached hydrogens (primary N) is 1. The molecule has 0 saturated carbocycles. The zero-order valence-electron chi connectivity index (χ0n) is 7.46. The smallest absolute Gasteiger partial charge is 0.239 e. The van der Waals surface area contributed by atoms with Crippen LogP contribution in [0.3, 0.4) is 0 Å². The zero-order valence-corrected chi connectivity index (χ0v) is 8.27. The molecule has 2 aromatic rings. The van der Waals surface area contributed by atoms with Crippen LogP contribution < -0.4 is 5.73 Å². The average Bonchev–Trinajstić information content (AvgIpc) is 2.62. The average molecular weight is 194 g/mol. The van der Waals surface area contributed by atoms with E-state index in [1.807, 2.05) is 0 Å². The molecule has 3 N–H and O–H groups in total. The number of aromatic nitrogens is 3. The van der Waals surface area contributed by atoms with Gasteiger partial charge < -0.3 is 5.73 Å². The van der Waals surface area contributed by atoms with Crippen LogP contribution in [0.4, 0.5) is 5.95 Å². The van der Waals surface area contributed by atoms with Gasteiger partial charge in [0.1, 0.15) is 0 Å². The number of nitrogens with zero attached hydrogens (tertiary/aromatic N) is 2. The van der Waals surface area contributed by atoms with E-state index in [2.05, 4.69) is 34.4 Å². The summed E-state index contributed by atoms with van der Waals surface area (Å²) in [6.07, 6.45) is 0. The molecule has 0 aromatic carbocycles. The summed E-state index contributed by atoms with van der Waals surface area (Å²) in [7, 11) is 0. The number of aryl methyl sites for hydroxylation is 1. The van der Waals surface area contributed by atoms with Gasteiger partial charge in [-0.25, -0.2) is 0 Å². The minimum absolute atomic E-state index is 0.290. The Morgan fingerprint density at radius 3 is 2.69 bits per heavy atom. The SMILES string of the molecule is Cc1scc(-c2nc(N)n[nH]2)c1C. The maximum absolute atomic E-state index is 5.42. The summed E-state index contributed by atoms with van der Waals surface area (Å²) in [5, 5.41) is 8.65. The number of aromatic amines is 1. The van der Waals surface area contributed by atoms with Crippen molar-refractivity contribution in [2.45, 2.75) is 13.8 Å². The van der Waals surface area contributed by atoms with Crippen molar-refractivity contribution < 1.29 is 0 Å². The Bertz CT molecular complexity index is 429. The molecule has 2 rings (SSSR count). The van der Waals surface area contributed by atoms with E-state index in [0.717, 1.165) is 11.4 Å². The van der Waals surface area contributed by atoms with Crippen molar-refractivity contribution in [3.63, 3.8) is 0 Å². The number of hydrogen-bond acceptors (Lipinski definition) is 4. The van der Waals surface area contributed by atoms with E-state index in [0.29, 0.717) is 5.95 Å². The molecule has 5 heteroatoms. The summed E-state index contributed by atoms with van der Waals surface area (Å²) in [6.45, 7) is 4.16. The summed E-state index contributed by atoms with van der Waals surface area (Å²) in [6, 6.07) is 0. The van der Waals surface area contributed by atoms with E-state index >= 15 is 0 Å². The molecular formula is C8H10N4S. The van der Waals surface area contributed by atoms with Crippen molar-refractivity contribution in [3.8, 4) is 11.4 Å². The lowest BCUT2D eigenvalue weighted by molar-refractivity contribution is 1.10. The molecule has 2 aromatic heterocycles. The summed E-state index contributed by atoms with van der Waals surface area (Å²) in [4.78, 5) is 5.37. The van der Waals surface area contributed by atoms with Gasteiger partial charge in [0, 0.05) is 15.8 Å². The molecule has 0 aliphatic rings. The van der Waals surface area contributed by atoms with Gasteiger partial charge in [-0.2, -0.15) is 4.98 Å². The number of hydrogen-bond donors (Lipinski definition) is 2. The Labute approximate surface area is 79.8 Å². The van der Waals surface area contributed by atoms with Crippen LogP contribution in [0.15, 0.2) is 5.38 Å². The second-order valence-corrected chi connectivity index (χ2v) is 3.96. The van der Waals surface area contributed by atoms with Crippen LogP contribution in [0, 0.1) is 13.8 Å². The van der Waals surface area contributed by atoms with E-state index in [9.17, 15) is 0 Å². The van der Waals surface area contributed by atoms with Gasteiger partial charge in [-0.3, -0.25) is 5.10 Å². The molecule has 0 unspecified atom stereocenters. The molecule has 2 heterocycles. The monoisotopic (exact) mass is 194 g/mol. The van der Waals surface area contributed by atoms with Crippen LogP contribution >= 0.6 is 11.3 Å². The minimum Gasteiger partial charge on any atom is -0.366 e. The number of thiophene rings is 1. The maximum Gasteiger partial charge on any atom is 0.239 e. The van der Waals surface area contributed by atoms with Gasteiger partial charge in [0.05, 0.1) is 0 Å². The molecule has 4 nitrogen and oxygen atoms in total. The summed E-state index contributed by atoms with van der Waals surface area (Å²) in [5.74, 6) is 1.04. The fraction of sp³-hybridized carbons (Fsp3) is 0.250. The van der Waals surface area contributed by atoms with Gasteiger partial charge in [-0.1, -0.05) is 0 Å². The fourth-order valence-electron chi connectivity index (χ4n) is 1.14. The molecule has 0 aliphatic carbocycles. The summed E-state index contributed by atoms with van der Waals surface area (Å²) < 4.78 is 0. The van der Waals surface area contributed by atoms with Crippen molar-refractivity contribution in [3.05, 3.63) is 15.8 Å². The van der Waals surface area contributed by atoms with E-state index in [-0.39, 0.29) is 0 Å². The van der Waals surface area contributed by atoms with E-state index < -0.39 is 0 Å². The predicted octanol–water partition coefficient (Wildman–Crippen LogP) is 1.73. The first-order chi connectivity index (χ1) is 6.18.